The lowest BCUT2D eigenvalue weighted by Gasteiger charge is -2.61. The van der Waals surface area contributed by atoms with E-state index in [0.717, 1.165) is 50.1 Å². The molecule has 0 aromatic rings. The number of piperazine rings is 1. The van der Waals surface area contributed by atoms with Crippen molar-refractivity contribution in [3.05, 3.63) is 0 Å². The van der Waals surface area contributed by atoms with Crippen molar-refractivity contribution in [2.45, 2.75) is 83.4 Å². The molecule has 2 heterocycles. The predicted octanol–water partition coefficient (Wildman–Crippen LogP) is 3.32. The van der Waals surface area contributed by atoms with E-state index >= 15 is 0 Å². The molecule has 9 atom stereocenters. The van der Waals surface area contributed by atoms with E-state index in [0.29, 0.717) is 17.4 Å². The average molecular weight is 460 g/mol. The molecule has 1 N–H and O–H groups in total. The standard InChI is InChI=1S/C28H49N3O2/c1-27-8-6-21(30-12-10-29(3)11-13-30)18-20(27)4-5-22-23(27)7-9-28(2)24(22)19-25(26(28)32)31-14-16-33-17-15-31/h20-26,32H,4-19H2,1-3H3/t20-,21+,22+,23-,24-,25-,26-,27-,28-/m0/s1. The fourth-order valence-corrected chi connectivity index (χ4v) is 10.00. The van der Waals surface area contributed by atoms with Crippen molar-refractivity contribution in [2.75, 3.05) is 59.5 Å². The number of hydrogen-bond donors (Lipinski definition) is 1. The van der Waals surface area contributed by atoms with Crippen molar-refractivity contribution in [1.82, 2.24) is 14.7 Å². The molecule has 0 unspecified atom stereocenters. The lowest BCUT2D eigenvalue weighted by atomic mass is 9.45. The van der Waals surface area contributed by atoms with Crippen LogP contribution in [0.15, 0.2) is 0 Å². The van der Waals surface area contributed by atoms with Gasteiger partial charge in [0.1, 0.15) is 0 Å². The van der Waals surface area contributed by atoms with Crippen molar-refractivity contribution in [2.24, 2.45) is 34.5 Å². The van der Waals surface area contributed by atoms with Gasteiger partial charge in [0.15, 0.2) is 0 Å². The Morgan fingerprint density at radius 2 is 1.48 bits per heavy atom. The summed E-state index contributed by atoms with van der Waals surface area (Å²) in [6.07, 6.45) is 10.8. The number of morpholine rings is 1. The maximum absolute atomic E-state index is 11.6. The van der Waals surface area contributed by atoms with Crippen LogP contribution in [0.1, 0.15) is 65.2 Å². The molecule has 5 nitrogen and oxygen atoms in total. The van der Waals surface area contributed by atoms with Gasteiger partial charge in [0.25, 0.3) is 0 Å². The summed E-state index contributed by atoms with van der Waals surface area (Å²) in [4.78, 5) is 7.90. The van der Waals surface area contributed by atoms with Crippen LogP contribution in [0.2, 0.25) is 0 Å². The van der Waals surface area contributed by atoms with Crippen LogP contribution in [0.5, 0.6) is 0 Å². The molecule has 4 aliphatic carbocycles. The molecule has 5 heteroatoms. The molecule has 6 fully saturated rings. The van der Waals surface area contributed by atoms with E-state index in [1.807, 2.05) is 0 Å². The number of nitrogens with zero attached hydrogens (tertiary/aromatic N) is 3. The highest BCUT2D eigenvalue weighted by Crippen LogP contribution is 2.66. The lowest BCUT2D eigenvalue weighted by molar-refractivity contribution is -0.132. The summed E-state index contributed by atoms with van der Waals surface area (Å²) in [5, 5.41) is 11.6. The van der Waals surface area contributed by atoms with E-state index in [1.54, 1.807) is 0 Å². The zero-order valence-corrected chi connectivity index (χ0v) is 21.6. The van der Waals surface area contributed by atoms with Crippen LogP contribution < -0.4 is 0 Å². The van der Waals surface area contributed by atoms with Crippen LogP contribution in [0.3, 0.4) is 0 Å². The Bertz CT molecular complexity index is 705. The number of aliphatic hydroxyl groups excluding tert-OH is 1. The molecule has 4 saturated carbocycles. The molecule has 33 heavy (non-hydrogen) atoms. The third-order valence-corrected chi connectivity index (χ3v) is 12.2. The zero-order valence-electron chi connectivity index (χ0n) is 21.6. The summed E-state index contributed by atoms with van der Waals surface area (Å²) in [6.45, 7) is 13.9. The predicted molar refractivity (Wildman–Crippen MR) is 132 cm³/mol. The van der Waals surface area contributed by atoms with Gasteiger partial charge in [-0.3, -0.25) is 9.80 Å². The van der Waals surface area contributed by atoms with Crippen LogP contribution in [0.4, 0.5) is 0 Å². The largest absolute Gasteiger partial charge is 0.391 e. The van der Waals surface area contributed by atoms with Crippen molar-refractivity contribution < 1.29 is 9.84 Å². The van der Waals surface area contributed by atoms with E-state index in [1.165, 1.54) is 77.5 Å². The molecule has 6 rings (SSSR count). The summed E-state index contributed by atoms with van der Waals surface area (Å²) in [5.74, 6) is 3.36. The second kappa shape index (κ2) is 8.73. The van der Waals surface area contributed by atoms with E-state index in [9.17, 15) is 5.11 Å². The fraction of sp³-hybridized carbons (Fsp3) is 1.00. The van der Waals surface area contributed by atoms with Gasteiger partial charge in [-0.2, -0.15) is 0 Å². The van der Waals surface area contributed by atoms with Gasteiger partial charge in [0, 0.05) is 51.4 Å². The number of hydrogen-bond acceptors (Lipinski definition) is 5. The van der Waals surface area contributed by atoms with Crippen molar-refractivity contribution in [3.63, 3.8) is 0 Å². The van der Waals surface area contributed by atoms with Gasteiger partial charge in [-0.1, -0.05) is 13.8 Å². The molecule has 0 amide bonds. The fourth-order valence-electron chi connectivity index (χ4n) is 10.00. The monoisotopic (exact) mass is 459 g/mol. The number of rotatable bonds is 2. The van der Waals surface area contributed by atoms with Gasteiger partial charge < -0.3 is 14.7 Å². The van der Waals surface area contributed by atoms with Crippen molar-refractivity contribution >= 4 is 0 Å². The first-order chi connectivity index (χ1) is 15.9. The van der Waals surface area contributed by atoms with E-state index in [4.69, 9.17) is 4.74 Å². The zero-order chi connectivity index (χ0) is 22.8. The van der Waals surface area contributed by atoms with E-state index < -0.39 is 0 Å². The molecule has 0 aromatic carbocycles. The quantitative estimate of drug-likeness (QED) is 0.686. The Balaban J connectivity index is 1.17. The Labute approximate surface area is 202 Å². The third kappa shape index (κ3) is 3.75. The minimum Gasteiger partial charge on any atom is -0.391 e. The molecule has 6 aliphatic rings. The molecule has 0 bridgehead atoms. The molecule has 188 valence electrons. The second-order valence-electron chi connectivity index (χ2n) is 13.4. The topological polar surface area (TPSA) is 39.2 Å². The first-order valence-electron chi connectivity index (χ1n) is 14.3. The average Bonchev–Trinajstić information content (AvgIpc) is 3.10. The molecule has 2 aliphatic heterocycles. The number of fused-ring (bicyclic) bond motifs is 5. The van der Waals surface area contributed by atoms with Crippen LogP contribution in [-0.2, 0) is 4.74 Å². The van der Waals surface area contributed by atoms with Crippen molar-refractivity contribution in [1.29, 1.82) is 0 Å². The van der Waals surface area contributed by atoms with Crippen LogP contribution in [0, 0.1) is 34.5 Å². The first-order valence-corrected chi connectivity index (χ1v) is 14.3. The van der Waals surface area contributed by atoms with Gasteiger partial charge in [-0.15, -0.1) is 0 Å². The Morgan fingerprint density at radius 3 is 2.24 bits per heavy atom. The van der Waals surface area contributed by atoms with E-state index in [2.05, 4.69) is 35.6 Å². The van der Waals surface area contributed by atoms with Crippen LogP contribution in [0.25, 0.3) is 0 Å². The Kier molecular flexibility index (Phi) is 6.14. The normalized spacial score (nSPS) is 52.2. The molecule has 0 spiro atoms. The summed E-state index contributed by atoms with van der Waals surface area (Å²) in [6, 6.07) is 1.20. The first kappa shape index (κ1) is 23.2. The molecular formula is C28H49N3O2. The highest BCUT2D eigenvalue weighted by atomic mass is 16.5. The summed E-state index contributed by atoms with van der Waals surface area (Å²) in [7, 11) is 2.27. The number of aliphatic hydroxyl groups is 1. The summed E-state index contributed by atoms with van der Waals surface area (Å²) >= 11 is 0. The number of likely N-dealkylation sites (N-methyl/N-ethyl adjacent to an activating group) is 1. The van der Waals surface area contributed by atoms with Gasteiger partial charge in [-0.05, 0) is 92.9 Å². The van der Waals surface area contributed by atoms with Crippen molar-refractivity contribution in [3.8, 4) is 0 Å². The Hall–Kier alpha value is -0.200. The minimum absolute atomic E-state index is 0.129. The van der Waals surface area contributed by atoms with Gasteiger partial charge in [-0.25, -0.2) is 0 Å². The van der Waals surface area contributed by atoms with Gasteiger partial charge in [0.2, 0.25) is 0 Å². The van der Waals surface area contributed by atoms with Gasteiger partial charge >= 0.3 is 0 Å². The maximum atomic E-state index is 11.6. The molecule has 0 aromatic heterocycles. The minimum atomic E-state index is -0.153. The van der Waals surface area contributed by atoms with Crippen LogP contribution in [-0.4, -0.2) is 97.5 Å². The molecule has 2 saturated heterocycles. The summed E-state index contributed by atoms with van der Waals surface area (Å²) < 4.78 is 5.63. The maximum Gasteiger partial charge on any atom is 0.0751 e. The molecule has 0 radical (unpaired) electrons. The van der Waals surface area contributed by atoms with Crippen LogP contribution >= 0.6 is 0 Å². The lowest BCUT2D eigenvalue weighted by Crippen LogP contribution is -2.57. The SMILES string of the molecule is CN1CCN([C@@H]2CC[C@@]3(C)[C@@H](CC[C@@H]4[C@@H]3CC[C@]3(C)[C@@H](O)[C@@H](N5CCOCC5)C[C@@H]43)C2)CC1. The van der Waals surface area contributed by atoms with Gasteiger partial charge in [0.05, 0.1) is 19.3 Å². The smallest absolute Gasteiger partial charge is 0.0751 e. The second-order valence-corrected chi connectivity index (χ2v) is 13.4. The van der Waals surface area contributed by atoms with E-state index in [-0.39, 0.29) is 11.5 Å². The summed E-state index contributed by atoms with van der Waals surface area (Å²) in [5.41, 5.74) is 0.666. The number of ether oxygens (including phenoxy) is 1. The highest BCUT2D eigenvalue weighted by molar-refractivity contribution is 5.13. The molecular weight excluding hydrogens is 410 g/mol. The highest BCUT2D eigenvalue weighted by Gasteiger charge is 2.63. The third-order valence-electron chi connectivity index (χ3n) is 12.2. The Morgan fingerprint density at radius 1 is 0.758 bits per heavy atom.